The fourth-order valence-electron chi connectivity index (χ4n) is 2.22. The third-order valence-corrected chi connectivity index (χ3v) is 2.99. The van der Waals surface area contributed by atoms with Gasteiger partial charge in [0.05, 0.1) is 6.04 Å². The van der Waals surface area contributed by atoms with Gasteiger partial charge in [-0.2, -0.15) is 0 Å². The van der Waals surface area contributed by atoms with Gasteiger partial charge in [0.15, 0.2) is 0 Å². The summed E-state index contributed by atoms with van der Waals surface area (Å²) in [4.78, 5) is 15.3. The van der Waals surface area contributed by atoms with E-state index in [2.05, 4.69) is 4.98 Å². The van der Waals surface area contributed by atoms with Crippen molar-refractivity contribution in [2.75, 3.05) is 0 Å². The first-order chi connectivity index (χ1) is 9.22. The second kappa shape index (κ2) is 6.74. The quantitative estimate of drug-likeness (QED) is 0.709. The zero-order valence-corrected chi connectivity index (χ0v) is 12.6. The molecule has 1 atom stereocenters. The number of hydrogen-bond donors (Lipinski definition) is 3. The largest absolute Gasteiger partial charge is 0.493 e. The third-order valence-electron chi connectivity index (χ3n) is 2.99. The van der Waals surface area contributed by atoms with Crippen LogP contribution in [0.5, 0.6) is 5.88 Å². The van der Waals surface area contributed by atoms with E-state index >= 15 is 0 Å². The Bertz CT molecular complexity index is 466. The number of aliphatic carboxylic acids is 1. The van der Waals surface area contributed by atoms with Crippen LogP contribution in [0.4, 0.5) is 0 Å². The van der Waals surface area contributed by atoms with Crippen LogP contribution >= 0.6 is 0 Å². The summed E-state index contributed by atoms with van der Waals surface area (Å²) >= 11 is 0. The zero-order valence-electron chi connectivity index (χ0n) is 12.6. The van der Waals surface area contributed by atoms with Crippen molar-refractivity contribution in [3.8, 4) is 5.88 Å². The van der Waals surface area contributed by atoms with E-state index in [0.717, 1.165) is 0 Å². The molecule has 4 N–H and O–H groups in total. The number of aromatic nitrogens is 2. The predicted molar refractivity (Wildman–Crippen MR) is 76.5 cm³/mol. The minimum atomic E-state index is -1.02. The fraction of sp³-hybridized carbons (Fsp3) is 0.714. The number of nitrogens with two attached hydrogens (primary N) is 1. The van der Waals surface area contributed by atoms with E-state index < -0.39 is 5.97 Å². The summed E-state index contributed by atoms with van der Waals surface area (Å²) in [5, 5.41) is 19.1. The van der Waals surface area contributed by atoms with Crippen molar-refractivity contribution in [1.29, 1.82) is 0 Å². The van der Waals surface area contributed by atoms with Crippen molar-refractivity contribution in [2.24, 2.45) is 17.6 Å². The smallest absolute Gasteiger partial charge is 0.323 e. The van der Waals surface area contributed by atoms with Crippen LogP contribution < -0.4 is 5.73 Å². The van der Waals surface area contributed by atoms with Crippen LogP contribution in [0.25, 0.3) is 0 Å². The van der Waals surface area contributed by atoms with E-state index in [1.54, 1.807) is 0 Å². The molecule has 1 aromatic rings. The van der Waals surface area contributed by atoms with Crippen LogP contribution in [0.3, 0.4) is 0 Å². The summed E-state index contributed by atoms with van der Waals surface area (Å²) in [7, 11) is 0. The van der Waals surface area contributed by atoms with Crippen molar-refractivity contribution in [1.82, 2.24) is 9.55 Å². The highest BCUT2D eigenvalue weighted by Crippen LogP contribution is 2.27. The molecule has 114 valence electrons. The van der Waals surface area contributed by atoms with Gasteiger partial charge in [0.2, 0.25) is 5.88 Å². The Morgan fingerprint density at radius 1 is 1.30 bits per heavy atom. The van der Waals surface area contributed by atoms with Gasteiger partial charge in [-0.25, -0.2) is 4.98 Å². The summed E-state index contributed by atoms with van der Waals surface area (Å²) in [5.41, 5.74) is 6.62. The maximum absolute atomic E-state index is 10.9. The van der Waals surface area contributed by atoms with E-state index in [-0.39, 0.29) is 18.5 Å². The van der Waals surface area contributed by atoms with Crippen molar-refractivity contribution in [2.45, 2.75) is 53.1 Å². The molecule has 1 rings (SSSR count). The van der Waals surface area contributed by atoms with Gasteiger partial charge in [-0.3, -0.25) is 9.36 Å². The summed E-state index contributed by atoms with van der Waals surface area (Å²) in [6.07, 6.45) is 1.29. The Kier molecular flexibility index (Phi) is 5.56. The van der Waals surface area contributed by atoms with Crippen molar-refractivity contribution in [3.63, 3.8) is 0 Å². The molecule has 1 heterocycles. The average molecular weight is 283 g/mol. The van der Waals surface area contributed by atoms with Gasteiger partial charge in [0.25, 0.3) is 0 Å². The van der Waals surface area contributed by atoms with Crippen molar-refractivity contribution >= 4 is 5.97 Å². The molecular formula is C14H25N3O3. The number of carbonyl (C=O) groups is 1. The Morgan fingerprint density at radius 3 is 2.35 bits per heavy atom. The topological polar surface area (TPSA) is 101 Å². The standard InChI is InChI=1S/C14H25N3O3/c1-8(2)5-10(15)13-16-11(6-9(3)4)14(20)17(13)7-12(18)19/h8-10,20H,5-7,15H2,1-4H3,(H,18,19)/t10-/m0/s1. The first-order valence-corrected chi connectivity index (χ1v) is 6.98. The molecule has 6 heteroatoms. The summed E-state index contributed by atoms with van der Waals surface area (Å²) in [6, 6.07) is -0.374. The number of carboxylic acids is 1. The monoisotopic (exact) mass is 283 g/mol. The summed E-state index contributed by atoms with van der Waals surface area (Å²) in [5.74, 6) is 0.0512. The fourth-order valence-corrected chi connectivity index (χ4v) is 2.22. The first kappa shape index (κ1) is 16.5. The molecule has 0 aromatic carbocycles. The molecule has 0 bridgehead atoms. The molecule has 1 aromatic heterocycles. The molecule has 0 amide bonds. The number of rotatable bonds is 7. The highest BCUT2D eigenvalue weighted by atomic mass is 16.4. The Hall–Kier alpha value is -1.56. The van der Waals surface area contributed by atoms with Gasteiger partial charge >= 0.3 is 5.97 Å². The molecule has 0 fully saturated rings. The normalized spacial score (nSPS) is 13.2. The molecule has 0 aliphatic carbocycles. The first-order valence-electron chi connectivity index (χ1n) is 6.98. The molecule has 0 aliphatic heterocycles. The molecule has 0 saturated heterocycles. The maximum Gasteiger partial charge on any atom is 0.323 e. The van der Waals surface area contributed by atoms with Crippen LogP contribution in [0.1, 0.15) is 51.7 Å². The van der Waals surface area contributed by atoms with Gasteiger partial charge < -0.3 is 15.9 Å². The Morgan fingerprint density at radius 2 is 1.90 bits per heavy atom. The lowest BCUT2D eigenvalue weighted by Crippen LogP contribution is -2.20. The van der Waals surface area contributed by atoms with Crippen LogP contribution in [-0.4, -0.2) is 25.7 Å². The third kappa shape index (κ3) is 4.23. The van der Waals surface area contributed by atoms with Crippen LogP contribution in [-0.2, 0) is 17.8 Å². The van der Waals surface area contributed by atoms with E-state index in [4.69, 9.17) is 10.8 Å². The SMILES string of the molecule is CC(C)Cc1nc([C@@H](N)CC(C)C)n(CC(=O)O)c1O. The van der Waals surface area contributed by atoms with Gasteiger partial charge in [-0.15, -0.1) is 0 Å². The lowest BCUT2D eigenvalue weighted by atomic mass is 10.0. The van der Waals surface area contributed by atoms with Crippen LogP contribution in [0, 0.1) is 11.8 Å². The molecule has 6 nitrogen and oxygen atoms in total. The van der Waals surface area contributed by atoms with Crippen LogP contribution in [0.15, 0.2) is 0 Å². The number of aromatic hydroxyl groups is 1. The summed E-state index contributed by atoms with van der Waals surface area (Å²) in [6.45, 7) is 7.79. The molecule has 0 aliphatic rings. The Labute approximate surface area is 119 Å². The van der Waals surface area contributed by atoms with Crippen LogP contribution in [0.2, 0.25) is 0 Å². The van der Waals surface area contributed by atoms with Crippen molar-refractivity contribution in [3.05, 3.63) is 11.5 Å². The number of nitrogens with zero attached hydrogens (tertiary/aromatic N) is 2. The predicted octanol–water partition coefficient (Wildman–Crippen LogP) is 1.92. The van der Waals surface area contributed by atoms with E-state index in [1.165, 1.54) is 4.57 Å². The number of hydrogen-bond acceptors (Lipinski definition) is 4. The van der Waals surface area contributed by atoms with Gasteiger partial charge in [-0.05, 0) is 24.7 Å². The number of carboxylic acid groups (broad SMARTS) is 1. The van der Waals surface area contributed by atoms with Crippen molar-refractivity contribution < 1.29 is 15.0 Å². The molecule has 20 heavy (non-hydrogen) atoms. The molecule has 0 spiro atoms. The lowest BCUT2D eigenvalue weighted by molar-refractivity contribution is -0.137. The second-order valence-electron chi connectivity index (χ2n) is 6.05. The van der Waals surface area contributed by atoms with Gasteiger partial charge in [-0.1, -0.05) is 27.7 Å². The zero-order chi connectivity index (χ0) is 15.4. The lowest BCUT2D eigenvalue weighted by Gasteiger charge is -2.15. The highest BCUT2D eigenvalue weighted by Gasteiger charge is 2.23. The van der Waals surface area contributed by atoms with E-state index in [0.29, 0.717) is 36.2 Å². The second-order valence-corrected chi connectivity index (χ2v) is 6.05. The minimum absolute atomic E-state index is 0.0738. The maximum atomic E-state index is 10.9. The molecule has 0 radical (unpaired) electrons. The molecular weight excluding hydrogens is 258 g/mol. The highest BCUT2D eigenvalue weighted by molar-refractivity contribution is 5.67. The summed E-state index contributed by atoms with van der Waals surface area (Å²) < 4.78 is 1.31. The number of imidazole rings is 1. The van der Waals surface area contributed by atoms with Gasteiger partial charge in [0.1, 0.15) is 18.1 Å². The molecule has 0 unspecified atom stereocenters. The average Bonchev–Trinajstić information content (AvgIpc) is 2.55. The Balaban J connectivity index is 3.15. The van der Waals surface area contributed by atoms with Gasteiger partial charge in [0, 0.05) is 0 Å². The van der Waals surface area contributed by atoms with E-state index in [1.807, 2.05) is 27.7 Å². The molecule has 0 saturated carbocycles. The van der Waals surface area contributed by atoms with E-state index in [9.17, 15) is 9.90 Å². The minimum Gasteiger partial charge on any atom is -0.493 e.